The van der Waals surface area contributed by atoms with Gasteiger partial charge in [-0.25, -0.2) is 17.7 Å². The van der Waals surface area contributed by atoms with Crippen LogP contribution < -0.4 is 0 Å². The Hall–Kier alpha value is -2.18. The van der Waals surface area contributed by atoms with Crippen LogP contribution in [0.5, 0.6) is 0 Å². The van der Waals surface area contributed by atoms with Crippen LogP contribution in [0.3, 0.4) is 0 Å². The van der Waals surface area contributed by atoms with Gasteiger partial charge in [0.25, 0.3) is 0 Å². The van der Waals surface area contributed by atoms with Crippen LogP contribution in [-0.4, -0.2) is 81.8 Å². The van der Waals surface area contributed by atoms with E-state index in [1.807, 2.05) is 18.3 Å². The molecule has 4 heterocycles. The summed E-state index contributed by atoms with van der Waals surface area (Å²) in [5.74, 6) is -0.714. The average Bonchev–Trinajstić information content (AvgIpc) is 3.09. The first-order valence-electron chi connectivity index (χ1n) is 10.4. The van der Waals surface area contributed by atoms with Crippen molar-refractivity contribution in [3.63, 3.8) is 0 Å². The van der Waals surface area contributed by atoms with Gasteiger partial charge in [0.2, 0.25) is 15.9 Å². The Balaban J connectivity index is 1.32. The van der Waals surface area contributed by atoms with E-state index in [0.717, 1.165) is 21.5 Å². The van der Waals surface area contributed by atoms with E-state index in [1.165, 1.54) is 4.31 Å². The number of rotatable bonds is 5. The number of carbonyl (C=O) groups is 1. The number of nitrogens with one attached hydrogen (secondary N) is 1. The van der Waals surface area contributed by atoms with Crippen LogP contribution in [0.2, 0.25) is 0 Å². The Morgan fingerprint density at radius 1 is 1.28 bits per heavy atom. The van der Waals surface area contributed by atoms with Gasteiger partial charge in [-0.2, -0.15) is 13.2 Å². The number of hydrogen-bond acceptors (Lipinski definition) is 5. The maximum atomic E-state index is 12.9. The second kappa shape index (κ2) is 7.99. The van der Waals surface area contributed by atoms with E-state index < -0.39 is 39.4 Å². The molecule has 2 aliphatic heterocycles. The van der Waals surface area contributed by atoms with Gasteiger partial charge >= 0.3 is 6.18 Å². The SMILES string of the molecule is CC(O)(CC(=O)N1CC(S(=O)(=O)N2CCC(c3c[nH]c4ncccc34)CC2)C1)C(F)(F)F. The summed E-state index contributed by atoms with van der Waals surface area (Å²) in [4.78, 5) is 20.5. The number of H-pyrrole nitrogens is 1. The number of likely N-dealkylation sites (tertiary alicyclic amines) is 1. The number of nitrogens with zero attached hydrogens (tertiary/aromatic N) is 3. The summed E-state index contributed by atoms with van der Waals surface area (Å²) in [5.41, 5.74) is -1.24. The van der Waals surface area contributed by atoms with Crippen LogP contribution in [0.25, 0.3) is 11.0 Å². The molecule has 2 fully saturated rings. The molecule has 0 spiro atoms. The Bertz CT molecular complexity index is 1100. The first kappa shape index (κ1) is 23.0. The highest BCUT2D eigenvalue weighted by Crippen LogP contribution is 2.36. The molecule has 1 amide bonds. The summed E-state index contributed by atoms with van der Waals surface area (Å²) in [6.45, 7) is 0.888. The molecular weight excluding hydrogens is 449 g/mol. The van der Waals surface area contributed by atoms with Crippen LogP contribution >= 0.6 is 0 Å². The lowest BCUT2D eigenvalue weighted by Crippen LogP contribution is -2.61. The quantitative estimate of drug-likeness (QED) is 0.689. The molecule has 0 aliphatic carbocycles. The van der Waals surface area contributed by atoms with Crippen molar-refractivity contribution in [1.29, 1.82) is 0 Å². The number of hydrogen-bond donors (Lipinski definition) is 2. The third-order valence-corrected chi connectivity index (χ3v) is 8.69. The molecule has 4 rings (SSSR count). The maximum Gasteiger partial charge on any atom is 0.417 e. The molecule has 176 valence electrons. The zero-order chi connectivity index (χ0) is 23.3. The third kappa shape index (κ3) is 4.11. The number of carbonyl (C=O) groups excluding carboxylic acids is 1. The maximum absolute atomic E-state index is 12.9. The second-order valence-corrected chi connectivity index (χ2v) is 10.9. The number of halogens is 3. The van der Waals surface area contributed by atoms with Gasteiger partial charge in [-0.3, -0.25) is 4.79 Å². The Labute approximate surface area is 183 Å². The predicted molar refractivity (Wildman–Crippen MR) is 110 cm³/mol. The van der Waals surface area contributed by atoms with Gasteiger partial charge in [-0.15, -0.1) is 0 Å². The fourth-order valence-electron chi connectivity index (χ4n) is 4.28. The van der Waals surface area contributed by atoms with E-state index >= 15 is 0 Å². The first-order chi connectivity index (χ1) is 14.9. The Morgan fingerprint density at radius 2 is 1.94 bits per heavy atom. The fraction of sp³-hybridized carbons (Fsp3) is 0.600. The zero-order valence-corrected chi connectivity index (χ0v) is 18.3. The minimum absolute atomic E-state index is 0.164. The first-order valence-corrected chi connectivity index (χ1v) is 11.9. The molecule has 12 heteroatoms. The van der Waals surface area contributed by atoms with Crippen molar-refractivity contribution in [3.8, 4) is 0 Å². The molecule has 2 N–H and O–H groups in total. The molecule has 32 heavy (non-hydrogen) atoms. The van der Waals surface area contributed by atoms with Gasteiger partial charge in [-0.1, -0.05) is 0 Å². The third-order valence-electron chi connectivity index (χ3n) is 6.46. The number of pyridine rings is 1. The summed E-state index contributed by atoms with van der Waals surface area (Å²) in [6.07, 6.45) is -1.17. The number of aromatic nitrogens is 2. The van der Waals surface area contributed by atoms with Crippen molar-refractivity contribution in [1.82, 2.24) is 19.2 Å². The van der Waals surface area contributed by atoms with Crippen LogP contribution in [0, 0.1) is 0 Å². The van der Waals surface area contributed by atoms with Crippen LogP contribution in [0.15, 0.2) is 24.5 Å². The van der Waals surface area contributed by atoms with Crippen molar-refractivity contribution in [3.05, 3.63) is 30.1 Å². The lowest BCUT2D eigenvalue weighted by atomic mass is 9.90. The van der Waals surface area contributed by atoms with Crippen molar-refractivity contribution >= 4 is 27.0 Å². The summed E-state index contributed by atoms with van der Waals surface area (Å²) in [5, 5.41) is 9.67. The van der Waals surface area contributed by atoms with Gasteiger partial charge in [0.15, 0.2) is 5.60 Å². The smallest absolute Gasteiger partial charge is 0.380 e. The van der Waals surface area contributed by atoms with E-state index in [-0.39, 0.29) is 19.0 Å². The Kier molecular flexibility index (Phi) is 5.74. The topological polar surface area (TPSA) is 107 Å². The molecule has 0 aromatic carbocycles. The van der Waals surface area contributed by atoms with Crippen molar-refractivity contribution < 1.29 is 31.5 Å². The lowest BCUT2D eigenvalue weighted by molar-refractivity contribution is -0.254. The molecule has 2 saturated heterocycles. The number of fused-ring (bicyclic) bond motifs is 1. The predicted octanol–water partition coefficient (Wildman–Crippen LogP) is 1.99. The number of alkyl halides is 3. The highest BCUT2D eigenvalue weighted by Gasteiger charge is 2.53. The molecule has 0 bridgehead atoms. The van der Waals surface area contributed by atoms with Crippen LogP contribution in [0.1, 0.15) is 37.7 Å². The molecule has 1 unspecified atom stereocenters. The van der Waals surface area contributed by atoms with E-state index in [4.69, 9.17) is 0 Å². The van der Waals surface area contributed by atoms with Crippen molar-refractivity contribution in [2.45, 2.75) is 49.1 Å². The minimum atomic E-state index is -4.94. The standard InChI is InChI=1S/C20H25F3N4O4S/c1-19(29,20(21,22)23)9-17(28)26-11-14(12-26)32(30,31)27-7-4-13(5-8-27)16-10-25-18-15(16)3-2-6-24-18/h2-3,6,10,13-14,29H,4-5,7-9,11-12H2,1H3,(H,24,25). The van der Waals surface area contributed by atoms with E-state index in [0.29, 0.717) is 32.9 Å². The van der Waals surface area contributed by atoms with Crippen LogP contribution in [-0.2, 0) is 14.8 Å². The monoisotopic (exact) mass is 474 g/mol. The van der Waals surface area contributed by atoms with Gasteiger partial charge in [0.05, 0.1) is 6.42 Å². The number of aromatic amines is 1. The van der Waals surface area contributed by atoms with E-state index in [9.17, 15) is 31.5 Å². The number of sulfonamides is 1. The fourth-order valence-corrected chi connectivity index (χ4v) is 6.16. The van der Waals surface area contributed by atoms with Crippen molar-refractivity contribution in [2.75, 3.05) is 26.2 Å². The van der Waals surface area contributed by atoms with Gasteiger partial charge in [0, 0.05) is 44.0 Å². The molecular formula is C20H25F3N4O4S. The molecule has 2 aliphatic rings. The van der Waals surface area contributed by atoms with Crippen LogP contribution in [0.4, 0.5) is 13.2 Å². The number of aliphatic hydroxyl groups is 1. The largest absolute Gasteiger partial charge is 0.417 e. The van der Waals surface area contributed by atoms with Crippen molar-refractivity contribution in [2.24, 2.45) is 0 Å². The molecule has 0 radical (unpaired) electrons. The number of piperidine rings is 1. The van der Waals surface area contributed by atoms with Gasteiger partial charge < -0.3 is 15.0 Å². The summed E-state index contributed by atoms with van der Waals surface area (Å²) in [7, 11) is -3.66. The van der Waals surface area contributed by atoms with E-state index in [1.54, 1.807) is 6.20 Å². The van der Waals surface area contributed by atoms with Gasteiger partial charge in [0.1, 0.15) is 10.9 Å². The average molecular weight is 475 g/mol. The molecule has 2 aromatic rings. The normalized spacial score (nSPS) is 21.5. The number of amides is 1. The zero-order valence-electron chi connectivity index (χ0n) is 17.5. The summed E-state index contributed by atoms with van der Waals surface area (Å²) < 4.78 is 65.6. The minimum Gasteiger partial charge on any atom is -0.380 e. The highest BCUT2D eigenvalue weighted by molar-refractivity contribution is 7.89. The summed E-state index contributed by atoms with van der Waals surface area (Å²) >= 11 is 0. The van der Waals surface area contributed by atoms with E-state index in [2.05, 4.69) is 9.97 Å². The van der Waals surface area contributed by atoms with Gasteiger partial charge in [-0.05, 0) is 43.4 Å². The second-order valence-electron chi connectivity index (χ2n) is 8.73. The lowest BCUT2D eigenvalue weighted by Gasteiger charge is -2.43. The highest BCUT2D eigenvalue weighted by atomic mass is 32.2. The molecule has 0 saturated carbocycles. The molecule has 1 atom stereocenters. The molecule has 2 aromatic heterocycles. The molecule has 8 nitrogen and oxygen atoms in total. The summed E-state index contributed by atoms with van der Waals surface area (Å²) in [6, 6.07) is 3.84. The Morgan fingerprint density at radius 3 is 2.56 bits per heavy atom.